The summed E-state index contributed by atoms with van der Waals surface area (Å²) in [5.41, 5.74) is 7.91. The highest BCUT2D eigenvalue weighted by Crippen LogP contribution is 2.32. The van der Waals surface area contributed by atoms with Crippen LogP contribution in [0.15, 0.2) is 53.4 Å². The maximum absolute atomic E-state index is 5.91. The number of benzene rings is 2. The number of rotatable bonds is 4. The van der Waals surface area contributed by atoms with Crippen molar-refractivity contribution in [2.45, 2.75) is 10.6 Å². The van der Waals surface area contributed by atoms with E-state index in [4.69, 9.17) is 10.5 Å². The van der Waals surface area contributed by atoms with E-state index in [1.54, 1.807) is 18.9 Å². The molecule has 2 aromatic carbocycles. The minimum Gasteiger partial charge on any atom is -0.496 e. The van der Waals surface area contributed by atoms with E-state index in [0.29, 0.717) is 0 Å². The molecule has 0 saturated carbocycles. The van der Waals surface area contributed by atoms with Crippen molar-refractivity contribution in [3.63, 3.8) is 0 Å². The van der Waals surface area contributed by atoms with Crippen LogP contribution in [-0.4, -0.2) is 7.11 Å². The van der Waals surface area contributed by atoms with Crippen LogP contribution in [0.25, 0.3) is 0 Å². The van der Waals surface area contributed by atoms with Crippen LogP contribution in [0, 0.1) is 0 Å². The summed E-state index contributed by atoms with van der Waals surface area (Å²) >= 11 is 1.73. The first-order valence-corrected chi connectivity index (χ1v) is 6.39. The summed E-state index contributed by atoms with van der Waals surface area (Å²) in [6.07, 6.45) is 0. The van der Waals surface area contributed by atoms with Crippen LogP contribution in [0.1, 0.15) is 5.56 Å². The number of nitrogen functional groups attached to an aromatic ring is 1. The molecule has 0 aliphatic heterocycles. The lowest BCUT2D eigenvalue weighted by atomic mass is 10.2. The first kappa shape index (κ1) is 11.9. The van der Waals surface area contributed by atoms with Crippen molar-refractivity contribution < 1.29 is 4.74 Å². The van der Waals surface area contributed by atoms with Gasteiger partial charge in [0.1, 0.15) is 5.75 Å². The number of methoxy groups -OCH3 is 1. The summed E-state index contributed by atoms with van der Waals surface area (Å²) < 4.78 is 5.31. The minimum absolute atomic E-state index is 0.842. The summed E-state index contributed by atoms with van der Waals surface area (Å²) in [5, 5.41) is 0. The van der Waals surface area contributed by atoms with Gasteiger partial charge >= 0.3 is 0 Å². The Morgan fingerprint density at radius 3 is 2.53 bits per heavy atom. The second-order valence-corrected chi connectivity index (χ2v) is 4.66. The largest absolute Gasteiger partial charge is 0.496 e. The zero-order valence-corrected chi connectivity index (χ0v) is 10.5. The summed E-state index contributed by atoms with van der Waals surface area (Å²) in [7, 11) is 1.69. The molecule has 3 heteroatoms. The van der Waals surface area contributed by atoms with Gasteiger partial charge in [0.05, 0.1) is 7.11 Å². The highest BCUT2D eigenvalue weighted by molar-refractivity contribution is 7.98. The molecule has 0 amide bonds. The Hall–Kier alpha value is -1.61. The van der Waals surface area contributed by atoms with Crippen LogP contribution >= 0.6 is 11.8 Å². The molecule has 0 radical (unpaired) electrons. The first-order valence-electron chi connectivity index (χ1n) is 5.40. The van der Waals surface area contributed by atoms with E-state index in [-0.39, 0.29) is 0 Å². The molecule has 0 aliphatic carbocycles. The van der Waals surface area contributed by atoms with Gasteiger partial charge < -0.3 is 10.5 Å². The number of anilines is 1. The van der Waals surface area contributed by atoms with Gasteiger partial charge in [0.15, 0.2) is 0 Å². The highest BCUT2D eigenvalue weighted by Gasteiger charge is 2.04. The van der Waals surface area contributed by atoms with Crippen molar-refractivity contribution in [2.24, 2.45) is 0 Å². The van der Waals surface area contributed by atoms with Crippen molar-refractivity contribution in [3.8, 4) is 5.75 Å². The predicted octanol–water partition coefficient (Wildman–Crippen LogP) is 3.57. The number of nitrogens with two attached hydrogens (primary N) is 1. The van der Waals surface area contributed by atoms with Gasteiger partial charge in [0, 0.05) is 16.3 Å². The molecule has 0 bridgehead atoms. The average Bonchev–Trinajstić information content (AvgIpc) is 2.38. The van der Waals surface area contributed by atoms with Gasteiger partial charge in [0.2, 0.25) is 0 Å². The van der Waals surface area contributed by atoms with Gasteiger partial charge in [-0.3, -0.25) is 0 Å². The van der Waals surface area contributed by atoms with Crippen LogP contribution in [-0.2, 0) is 5.75 Å². The van der Waals surface area contributed by atoms with E-state index < -0.39 is 0 Å². The Bertz CT molecular complexity index is 499. The molecular formula is C14H15NOS. The predicted molar refractivity (Wildman–Crippen MR) is 73.4 cm³/mol. The van der Waals surface area contributed by atoms with E-state index in [1.165, 1.54) is 0 Å². The molecular weight excluding hydrogens is 230 g/mol. The van der Waals surface area contributed by atoms with Gasteiger partial charge in [-0.15, -0.1) is 11.8 Å². The third kappa shape index (κ3) is 2.94. The minimum atomic E-state index is 0.842. The zero-order chi connectivity index (χ0) is 12.1. The Morgan fingerprint density at radius 1 is 1.06 bits per heavy atom. The van der Waals surface area contributed by atoms with E-state index in [2.05, 4.69) is 12.1 Å². The molecule has 0 aromatic heterocycles. The van der Waals surface area contributed by atoms with Crippen LogP contribution in [0.4, 0.5) is 5.69 Å². The Morgan fingerprint density at radius 2 is 1.76 bits per heavy atom. The molecule has 2 aromatic rings. The fourth-order valence-corrected chi connectivity index (χ4v) is 2.60. The average molecular weight is 245 g/mol. The summed E-state index contributed by atoms with van der Waals surface area (Å²) in [5.74, 6) is 1.76. The van der Waals surface area contributed by atoms with Crippen molar-refractivity contribution >= 4 is 17.4 Å². The van der Waals surface area contributed by atoms with Crippen LogP contribution in [0.3, 0.4) is 0 Å². The van der Waals surface area contributed by atoms with Gasteiger partial charge in [-0.2, -0.15) is 0 Å². The molecule has 0 atom stereocenters. The maximum atomic E-state index is 5.91. The van der Waals surface area contributed by atoms with Crippen molar-refractivity contribution in [1.29, 1.82) is 0 Å². The fourth-order valence-electron chi connectivity index (χ4n) is 1.56. The van der Waals surface area contributed by atoms with E-state index in [0.717, 1.165) is 27.6 Å². The van der Waals surface area contributed by atoms with Crippen LogP contribution in [0.2, 0.25) is 0 Å². The monoisotopic (exact) mass is 245 g/mol. The lowest BCUT2D eigenvalue weighted by molar-refractivity contribution is 0.405. The fraction of sp³-hybridized carbons (Fsp3) is 0.143. The topological polar surface area (TPSA) is 35.2 Å². The van der Waals surface area contributed by atoms with E-state index in [1.807, 2.05) is 36.4 Å². The molecule has 0 spiro atoms. The Labute approximate surface area is 106 Å². The summed E-state index contributed by atoms with van der Waals surface area (Å²) in [6.45, 7) is 0. The molecule has 0 saturated heterocycles. The Kier molecular flexibility index (Phi) is 3.94. The number of hydrogen-bond donors (Lipinski definition) is 1. The van der Waals surface area contributed by atoms with Gasteiger partial charge in [-0.25, -0.2) is 0 Å². The number of thioether (sulfide) groups is 1. The molecule has 2 rings (SSSR count). The maximum Gasteiger partial charge on any atom is 0.132 e. The number of hydrogen-bond acceptors (Lipinski definition) is 3. The van der Waals surface area contributed by atoms with E-state index >= 15 is 0 Å². The molecule has 0 unspecified atom stereocenters. The van der Waals surface area contributed by atoms with E-state index in [9.17, 15) is 0 Å². The standard InChI is InChI=1S/C14H15NOS/c1-16-13-8-4-5-9-14(13)17-10-11-6-2-3-7-12(11)15/h2-9H,10,15H2,1H3. The van der Waals surface area contributed by atoms with Crippen LogP contribution in [0.5, 0.6) is 5.75 Å². The summed E-state index contributed by atoms with van der Waals surface area (Å²) in [6, 6.07) is 16.0. The van der Waals surface area contributed by atoms with Gasteiger partial charge in [-0.05, 0) is 23.8 Å². The summed E-state index contributed by atoms with van der Waals surface area (Å²) in [4.78, 5) is 1.14. The normalized spacial score (nSPS) is 10.2. The smallest absolute Gasteiger partial charge is 0.132 e. The SMILES string of the molecule is COc1ccccc1SCc1ccccc1N. The van der Waals surface area contributed by atoms with Crippen molar-refractivity contribution in [2.75, 3.05) is 12.8 Å². The third-order valence-corrected chi connectivity index (χ3v) is 3.61. The molecule has 88 valence electrons. The zero-order valence-electron chi connectivity index (χ0n) is 9.72. The van der Waals surface area contributed by atoms with Crippen molar-refractivity contribution in [1.82, 2.24) is 0 Å². The molecule has 2 N–H and O–H groups in total. The number of ether oxygens (including phenoxy) is 1. The third-order valence-electron chi connectivity index (χ3n) is 2.51. The molecule has 17 heavy (non-hydrogen) atoms. The van der Waals surface area contributed by atoms with Crippen LogP contribution < -0.4 is 10.5 Å². The molecule has 2 nitrogen and oxygen atoms in total. The lowest BCUT2D eigenvalue weighted by Gasteiger charge is -2.08. The second kappa shape index (κ2) is 5.64. The highest BCUT2D eigenvalue weighted by atomic mass is 32.2. The van der Waals surface area contributed by atoms with Crippen molar-refractivity contribution in [3.05, 3.63) is 54.1 Å². The second-order valence-electron chi connectivity index (χ2n) is 3.64. The lowest BCUT2D eigenvalue weighted by Crippen LogP contribution is -1.92. The molecule has 0 aliphatic rings. The molecule has 0 fully saturated rings. The Balaban J connectivity index is 2.10. The molecule has 0 heterocycles. The number of para-hydroxylation sites is 2. The van der Waals surface area contributed by atoms with Gasteiger partial charge in [-0.1, -0.05) is 30.3 Å². The first-order chi connectivity index (χ1) is 8.31. The van der Waals surface area contributed by atoms with Gasteiger partial charge in [0.25, 0.3) is 0 Å². The quantitative estimate of drug-likeness (QED) is 0.660.